The molecule has 1 N–H and O–H groups in total. The highest BCUT2D eigenvalue weighted by Crippen LogP contribution is 2.35. The normalized spacial score (nSPS) is 14.8. The highest BCUT2D eigenvalue weighted by atomic mass is 16.5. The molecule has 35 heavy (non-hydrogen) atoms. The molecule has 0 amide bonds. The van der Waals surface area contributed by atoms with Crippen LogP contribution in [0.25, 0.3) is 16.6 Å². The monoisotopic (exact) mass is 470 g/mol. The summed E-state index contributed by atoms with van der Waals surface area (Å²) in [5, 5.41) is 4.96. The van der Waals surface area contributed by atoms with Gasteiger partial charge in [-0.25, -0.2) is 0 Å². The smallest absolute Gasteiger partial charge is 0.147 e. The number of anilines is 1. The first-order valence-corrected chi connectivity index (χ1v) is 12.6. The van der Waals surface area contributed by atoms with Crippen LogP contribution < -0.4 is 14.8 Å². The van der Waals surface area contributed by atoms with Crippen molar-refractivity contribution < 1.29 is 9.47 Å². The molecule has 0 radical (unpaired) electrons. The lowest BCUT2D eigenvalue weighted by atomic mass is 10.0. The maximum absolute atomic E-state index is 6.06. The number of benzene rings is 2. The first-order valence-electron chi connectivity index (χ1n) is 12.6. The van der Waals surface area contributed by atoms with Crippen molar-refractivity contribution >= 4 is 16.6 Å². The van der Waals surface area contributed by atoms with Gasteiger partial charge in [-0.3, -0.25) is 9.88 Å². The number of aromatic nitrogens is 2. The van der Waals surface area contributed by atoms with Crippen molar-refractivity contribution in [3.05, 3.63) is 78.8 Å². The Bertz CT molecular complexity index is 1210. The van der Waals surface area contributed by atoms with Gasteiger partial charge in [0.15, 0.2) is 0 Å². The summed E-state index contributed by atoms with van der Waals surface area (Å²) in [6.45, 7) is 8.26. The van der Waals surface area contributed by atoms with E-state index in [-0.39, 0.29) is 0 Å². The van der Waals surface area contributed by atoms with Gasteiger partial charge in [0, 0.05) is 55.3 Å². The lowest BCUT2D eigenvalue weighted by Gasteiger charge is -2.33. The predicted molar refractivity (Wildman–Crippen MR) is 142 cm³/mol. The molecule has 1 saturated heterocycles. The topological polar surface area (TPSA) is 51.6 Å². The molecule has 2 aromatic heterocycles. The van der Waals surface area contributed by atoms with E-state index in [1.54, 1.807) is 0 Å². The van der Waals surface area contributed by atoms with Gasteiger partial charge in [0.05, 0.1) is 18.7 Å². The van der Waals surface area contributed by atoms with Crippen LogP contribution in [0.15, 0.2) is 73.2 Å². The summed E-state index contributed by atoms with van der Waals surface area (Å²) < 4.78 is 14.2. The van der Waals surface area contributed by atoms with Crippen molar-refractivity contribution in [2.45, 2.75) is 39.3 Å². The molecular weight excluding hydrogens is 436 g/mol. The minimum Gasteiger partial charge on any atom is -0.492 e. The van der Waals surface area contributed by atoms with Gasteiger partial charge in [0.1, 0.15) is 17.2 Å². The molecule has 6 heteroatoms. The van der Waals surface area contributed by atoms with E-state index in [0.717, 1.165) is 55.2 Å². The van der Waals surface area contributed by atoms with Crippen LogP contribution in [0.2, 0.25) is 0 Å². The summed E-state index contributed by atoms with van der Waals surface area (Å²) in [6.07, 6.45) is 8.17. The van der Waals surface area contributed by atoms with Gasteiger partial charge in [-0.05, 0) is 68.7 Å². The Morgan fingerprint density at radius 3 is 2.29 bits per heavy atom. The number of piperidine rings is 1. The van der Waals surface area contributed by atoms with Gasteiger partial charge < -0.3 is 19.4 Å². The van der Waals surface area contributed by atoms with Crippen LogP contribution in [-0.2, 0) is 6.54 Å². The van der Waals surface area contributed by atoms with Crippen LogP contribution in [-0.4, -0.2) is 46.8 Å². The van der Waals surface area contributed by atoms with Crippen molar-refractivity contribution in [2.75, 3.05) is 31.6 Å². The Kier molecular flexibility index (Phi) is 7.19. The van der Waals surface area contributed by atoms with Crippen LogP contribution in [0.3, 0.4) is 0 Å². The van der Waals surface area contributed by atoms with Gasteiger partial charge >= 0.3 is 0 Å². The van der Waals surface area contributed by atoms with Gasteiger partial charge in [-0.2, -0.15) is 0 Å². The second kappa shape index (κ2) is 10.8. The van der Waals surface area contributed by atoms with Crippen LogP contribution in [0.1, 0.15) is 32.3 Å². The highest BCUT2D eigenvalue weighted by molar-refractivity contribution is 5.90. The molecule has 4 aromatic rings. The Hall–Kier alpha value is -3.51. The summed E-state index contributed by atoms with van der Waals surface area (Å²) in [4.78, 5) is 7.01. The molecular formula is C29H34N4O2. The molecule has 0 saturated carbocycles. The summed E-state index contributed by atoms with van der Waals surface area (Å²) in [5.74, 6) is 1.73. The third-order valence-corrected chi connectivity index (χ3v) is 6.56. The fourth-order valence-electron chi connectivity index (χ4n) is 4.93. The lowest BCUT2D eigenvalue weighted by molar-refractivity contribution is 0.210. The number of hydrogen-bond acceptors (Lipinski definition) is 5. The molecule has 2 aromatic carbocycles. The van der Waals surface area contributed by atoms with E-state index in [1.807, 2.05) is 50.6 Å². The number of para-hydroxylation sites is 1. The van der Waals surface area contributed by atoms with Crippen LogP contribution in [0.5, 0.6) is 11.5 Å². The third-order valence-electron chi connectivity index (χ3n) is 6.56. The Morgan fingerprint density at radius 1 is 0.914 bits per heavy atom. The fourth-order valence-corrected chi connectivity index (χ4v) is 4.93. The second-order valence-electron chi connectivity index (χ2n) is 8.97. The molecule has 6 nitrogen and oxygen atoms in total. The van der Waals surface area contributed by atoms with Crippen LogP contribution in [0, 0.1) is 0 Å². The summed E-state index contributed by atoms with van der Waals surface area (Å²) in [5.41, 5.74) is 4.40. The largest absolute Gasteiger partial charge is 0.492 e. The number of likely N-dealkylation sites (tertiary alicyclic amines) is 1. The third kappa shape index (κ3) is 5.28. The molecule has 5 rings (SSSR count). The first-order chi connectivity index (χ1) is 17.2. The molecule has 3 heterocycles. The molecule has 0 atom stereocenters. The number of pyridine rings is 1. The number of rotatable bonds is 9. The number of nitrogens with one attached hydrogen (secondary N) is 1. The van der Waals surface area contributed by atoms with E-state index in [1.165, 1.54) is 16.6 Å². The van der Waals surface area contributed by atoms with E-state index in [2.05, 4.69) is 56.2 Å². The van der Waals surface area contributed by atoms with Gasteiger partial charge in [-0.1, -0.05) is 18.2 Å². The van der Waals surface area contributed by atoms with E-state index in [4.69, 9.17) is 9.47 Å². The second-order valence-corrected chi connectivity index (χ2v) is 8.97. The number of fused-ring (bicyclic) bond motifs is 1. The SMILES string of the molecule is CCOc1cc(CN2CCC(Nc3ccnc4ccccc34)CC2)cc(OCC)c1-n1cccc1. The highest BCUT2D eigenvalue weighted by Gasteiger charge is 2.22. The fraction of sp³-hybridized carbons (Fsp3) is 0.345. The van der Waals surface area contributed by atoms with E-state index in [0.29, 0.717) is 19.3 Å². The number of hydrogen-bond donors (Lipinski definition) is 1. The minimum atomic E-state index is 0.464. The van der Waals surface area contributed by atoms with E-state index < -0.39 is 0 Å². The van der Waals surface area contributed by atoms with Crippen molar-refractivity contribution in [1.29, 1.82) is 0 Å². The van der Waals surface area contributed by atoms with Gasteiger partial charge in [0.25, 0.3) is 0 Å². The molecule has 182 valence electrons. The molecule has 0 spiro atoms. The zero-order valence-electron chi connectivity index (χ0n) is 20.6. The zero-order chi connectivity index (χ0) is 24.0. The average molecular weight is 471 g/mol. The van der Waals surface area contributed by atoms with Crippen molar-refractivity contribution in [3.8, 4) is 17.2 Å². The molecule has 1 fully saturated rings. The Balaban J connectivity index is 1.28. The van der Waals surface area contributed by atoms with Gasteiger partial charge in [0.2, 0.25) is 0 Å². The summed E-state index contributed by atoms with van der Waals surface area (Å²) >= 11 is 0. The molecule has 0 unspecified atom stereocenters. The predicted octanol–water partition coefficient (Wildman–Crippen LogP) is 5.90. The Morgan fingerprint density at radius 2 is 1.60 bits per heavy atom. The standard InChI is InChI=1S/C29H34N4O2/c1-3-34-27-19-22(20-28(35-4-2)29(27)33-15-7-8-16-33)21-32-17-12-23(13-18-32)31-26-11-14-30-25-10-6-5-9-24(25)26/h5-11,14-16,19-20,23H,3-4,12-13,17-18,21H2,1-2H3,(H,30,31). The Labute approximate surface area is 207 Å². The van der Waals surface area contributed by atoms with E-state index in [9.17, 15) is 0 Å². The van der Waals surface area contributed by atoms with Crippen molar-refractivity contribution in [2.24, 2.45) is 0 Å². The maximum Gasteiger partial charge on any atom is 0.147 e. The lowest BCUT2D eigenvalue weighted by Crippen LogP contribution is -2.38. The molecule has 0 aliphatic carbocycles. The first kappa shape index (κ1) is 23.2. The van der Waals surface area contributed by atoms with Crippen LogP contribution >= 0.6 is 0 Å². The summed E-state index contributed by atoms with van der Waals surface area (Å²) in [6, 6.07) is 19.3. The number of nitrogens with zero attached hydrogens (tertiary/aromatic N) is 3. The van der Waals surface area contributed by atoms with Crippen molar-refractivity contribution in [1.82, 2.24) is 14.5 Å². The number of ether oxygens (including phenoxy) is 2. The van der Waals surface area contributed by atoms with Crippen LogP contribution in [0.4, 0.5) is 5.69 Å². The molecule has 1 aliphatic heterocycles. The minimum absolute atomic E-state index is 0.464. The van der Waals surface area contributed by atoms with E-state index >= 15 is 0 Å². The zero-order valence-corrected chi connectivity index (χ0v) is 20.6. The molecule has 1 aliphatic rings. The quantitative estimate of drug-likeness (QED) is 0.330. The average Bonchev–Trinajstić information content (AvgIpc) is 3.40. The molecule has 0 bridgehead atoms. The van der Waals surface area contributed by atoms with Gasteiger partial charge in [-0.15, -0.1) is 0 Å². The maximum atomic E-state index is 6.06. The summed E-state index contributed by atoms with van der Waals surface area (Å²) in [7, 11) is 0. The van der Waals surface area contributed by atoms with Crippen molar-refractivity contribution in [3.63, 3.8) is 0 Å².